The minimum absolute atomic E-state index is 0.103. The number of sulfonamides is 1. The zero-order valence-electron chi connectivity index (χ0n) is 17.5. The number of anilines is 1. The Bertz CT molecular complexity index is 1250. The van der Waals surface area contributed by atoms with Crippen LogP contribution in [0.1, 0.15) is 22.0 Å². The molecule has 7 nitrogen and oxygen atoms in total. The van der Waals surface area contributed by atoms with Gasteiger partial charge in [0, 0.05) is 17.8 Å². The molecule has 3 aromatic rings. The van der Waals surface area contributed by atoms with E-state index in [1.807, 2.05) is 0 Å². The number of halogens is 1. The maximum atomic E-state index is 14.2. The SMILES string of the molecule is C=CCNS(=O)(=O)c1cc(C(=O)NC(C(=O)Nc2ccccc2)c2ccccc2)ccc1F. The fourth-order valence-electron chi connectivity index (χ4n) is 2.99. The van der Waals surface area contributed by atoms with Crippen molar-refractivity contribution in [3.63, 3.8) is 0 Å². The average Bonchev–Trinajstić information content (AvgIpc) is 2.82. The normalized spacial score (nSPS) is 11.9. The highest BCUT2D eigenvalue weighted by molar-refractivity contribution is 7.89. The van der Waals surface area contributed by atoms with Crippen molar-refractivity contribution in [2.45, 2.75) is 10.9 Å². The largest absolute Gasteiger partial charge is 0.336 e. The first-order valence-electron chi connectivity index (χ1n) is 9.93. The van der Waals surface area contributed by atoms with Gasteiger partial charge in [-0.2, -0.15) is 0 Å². The van der Waals surface area contributed by atoms with E-state index in [1.165, 1.54) is 6.08 Å². The van der Waals surface area contributed by atoms with Crippen molar-refractivity contribution < 1.29 is 22.4 Å². The molecule has 1 atom stereocenters. The second kappa shape index (κ2) is 10.7. The van der Waals surface area contributed by atoms with Crippen molar-refractivity contribution in [3.05, 3.63) is 108 Å². The smallest absolute Gasteiger partial charge is 0.252 e. The van der Waals surface area contributed by atoms with Crippen molar-refractivity contribution in [2.75, 3.05) is 11.9 Å². The van der Waals surface area contributed by atoms with Crippen LogP contribution in [0.2, 0.25) is 0 Å². The molecule has 3 rings (SSSR count). The molecular weight excluding hydrogens is 445 g/mol. The summed E-state index contributed by atoms with van der Waals surface area (Å²) in [5, 5.41) is 5.34. The van der Waals surface area contributed by atoms with Gasteiger partial charge in [0.05, 0.1) is 0 Å². The summed E-state index contributed by atoms with van der Waals surface area (Å²) in [6.45, 7) is 3.31. The summed E-state index contributed by atoms with van der Waals surface area (Å²) in [7, 11) is -4.20. The number of rotatable bonds is 9. The van der Waals surface area contributed by atoms with Crippen molar-refractivity contribution in [3.8, 4) is 0 Å². The highest BCUT2D eigenvalue weighted by atomic mass is 32.2. The molecule has 0 fully saturated rings. The van der Waals surface area contributed by atoms with E-state index in [-0.39, 0.29) is 12.1 Å². The van der Waals surface area contributed by atoms with E-state index < -0.39 is 38.6 Å². The van der Waals surface area contributed by atoms with E-state index >= 15 is 0 Å². The zero-order chi connectivity index (χ0) is 23.8. The van der Waals surface area contributed by atoms with Crippen LogP contribution < -0.4 is 15.4 Å². The van der Waals surface area contributed by atoms with E-state index in [0.29, 0.717) is 11.3 Å². The number of hydrogen-bond donors (Lipinski definition) is 3. The van der Waals surface area contributed by atoms with Crippen LogP contribution in [-0.4, -0.2) is 26.8 Å². The van der Waals surface area contributed by atoms with Crippen LogP contribution in [0, 0.1) is 5.82 Å². The van der Waals surface area contributed by atoms with Gasteiger partial charge in [-0.05, 0) is 35.9 Å². The van der Waals surface area contributed by atoms with Crippen LogP contribution in [0.15, 0.2) is 96.4 Å². The summed E-state index contributed by atoms with van der Waals surface area (Å²) >= 11 is 0. The number of benzene rings is 3. The Morgan fingerprint density at radius 3 is 2.24 bits per heavy atom. The maximum Gasteiger partial charge on any atom is 0.252 e. The van der Waals surface area contributed by atoms with Crippen molar-refractivity contribution in [1.82, 2.24) is 10.0 Å². The molecule has 3 N–H and O–H groups in total. The molecule has 0 radical (unpaired) electrons. The van der Waals surface area contributed by atoms with Crippen molar-refractivity contribution >= 4 is 27.5 Å². The summed E-state index contributed by atoms with van der Waals surface area (Å²) in [5.41, 5.74) is 0.937. The van der Waals surface area contributed by atoms with Crippen LogP contribution in [-0.2, 0) is 14.8 Å². The maximum absolute atomic E-state index is 14.2. The van der Waals surface area contributed by atoms with Gasteiger partial charge >= 0.3 is 0 Å². The highest BCUT2D eigenvalue weighted by Crippen LogP contribution is 2.20. The predicted octanol–water partition coefficient (Wildman–Crippen LogP) is 3.40. The second-order valence-electron chi connectivity index (χ2n) is 6.96. The molecule has 0 heterocycles. The Morgan fingerprint density at radius 2 is 1.61 bits per heavy atom. The molecule has 2 amide bonds. The lowest BCUT2D eigenvalue weighted by molar-refractivity contribution is -0.118. The Labute approximate surface area is 191 Å². The number of carbonyl (C=O) groups excluding carboxylic acids is 2. The molecule has 0 bridgehead atoms. The van der Waals surface area contributed by atoms with Gasteiger partial charge in [0.1, 0.15) is 16.8 Å². The number of para-hydroxylation sites is 1. The van der Waals surface area contributed by atoms with Crippen LogP contribution >= 0.6 is 0 Å². The molecule has 170 valence electrons. The standard InChI is InChI=1S/C24H22FN3O4S/c1-2-15-26-33(31,32)21-16-18(13-14-20(21)25)23(29)28-22(17-9-5-3-6-10-17)24(30)27-19-11-7-4-8-12-19/h2-14,16,22,26H,1,15H2,(H,27,30)(H,28,29). The Kier molecular flexibility index (Phi) is 7.70. The molecule has 33 heavy (non-hydrogen) atoms. The third-order valence-electron chi connectivity index (χ3n) is 4.61. The van der Waals surface area contributed by atoms with Gasteiger partial charge in [0.25, 0.3) is 11.8 Å². The Morgan fingerprint density at radius 1 is 0.970 bits per heavy atom. The van der Waals surface area contributed by atoms with E-state index in [2.05, 4.69) is 21.9 Å². The van der Waals surface area contributed by atoms with E-state index in [4.69, 9.17) is 0 Å². The first-order valence-corrected chi connectivity index (χ1v) is 11.4. The van der Waals surface area contributed by atoms with Crippen LogP contribution in [0.3, 0.4) is 0 Å². The van der Waals surface area contributed by atoms with Gasteiger partial charge < -0.3 is 10.6 Å². The lowest BCUT2D eigenvalue weighted by Crippen LogP contribution is -2.37. The lowest BCUT2D eigenvalue weighted by Gasteiger charge is -2.19. The number of carbonyl (C=O) groups is 2. The third-order valence-corrected chi connectivity index (χ3v) is 6.05. The van der Waals surface area contributed by atoms with E-state index in [0.717, 1.165) is 18.2 Å². The predicted molar refractivity (Wildman–Crippen MR) is 124 cm³/mol. The summed E-state index contributed by atoms with van der Waals surface area (Å²) < 4.78 is 41.1. The fourth-order valence-corrected chi connectivity index (χ4v) is 4.09. The molecule has 9 heteroatoms. The summed E-state index contributed by atoms with van der Waals surface area (Å²) in [5.74, 6) is -2.25. The third kappa shape index (κ3) is 6.12. The van der Waals surface area contributed by atoms with Gasteiger partial charge in [-0.1, -0.05) is 54.6 Å². The topological polar surface area (TPSA) is 104 Å². The molecular formula is C24H22FN3O4S. The van der Waals surface area contributed by atoms with Gasteiger partial charge in [-0.3, -0.25) is 9.59 Å². The molecule has 1 unspecified atom stereocenters. The first-order chi connectivity index (χ1) is 15.8. The minimum atomic E-state index is -4.20. The molecule has 3 aromatic carbocycles. The lowest BCUT2D eigenvalue weighted by atomic mass is 10.0. The van der Waals surface area contributed by atoms with Crippen molar-refractivity contribution in [2.24, 2.45) is 0 Å². The highest BCUT2D eigenvalue weighted by Gasteiger charge is 2.25. The monoisotopic (exact) mass is 467 g/mol. The molecule has 0 saturated heterocycles. The summed E-state index contributed by atoms with van der Waals surface area (Å²) in [6.07, 6.45) is 1.31. The molecule has 0 saturated carbocycles. The summed E-state index contributed by atoms with van der Waals surface area (Å²) in [4.78, 5) is 25.2. The number of nitrogens with one attached hydrogen (secondary N) is 3. The van der Waals surface area contributed by atoms with Crippen molar-refractivity contribution in [1.29, 1.82) is 0 Å². The van der Waals surface area contributed by atoms with E-state index in [1.54, 1.807) is 60.7 Å². The Hall–Kier alpha value is -3.82. The van der Waals surface area contributed by atoms with Gasteiger partial charge in [-0.25, -0.2) is 17.5 Å². The molecule has 0 aromatic heterocycles. The first kappa shape index (κ1) is 23.8. The zero-order valence-corrected chi connectivity index (χ0v) is 18.3. The van der Waals surface area contributed by atoms with Gasteiger partial charge in [0.2, 0.25) is 10.0 Å². The van der Waals surface area contributed by atoms with Crippen LogP contribution in [0.5, 0.6) is 0 Å². The fraction of sp³-hybridized carbons (Fsp3) is 0.0833. The minimum Gasteiger partial charge on any atom is -0.336 e. The molecule has 0 aliphatic heterocycles. The van der Waals surface area contributed by atoms with E-state index in [9.17, 15) is 22.4 Å². The quantitative estimate of drug-likeness (QED) is 0.420. The summed E-state index contributed by atoms with van der Waals surface area (Å²) in [6, 6.07) is 19.2. The average molecular weight is 468 g/mol. The Balaban J connectivity index is 1.89. The number of amides is 2. The molecule has 0 aliphatic rings. The number of hydrogen-bond acceptors (Lipinski definition) is 4. The van der Waals surface area contributed by atoms with Crippen LogP contribution in [0.25, 0.3) is 0 Å². The molecule has 0 spiro atoms. The van der Waals surface area contributed by atoms with Gasteiger partial charge in [-0.15, -0.1) is 6.58 Å². The molecule has 0 aliphatic carbocycles. The van der Waals surface area contributed by atoms with Crippen LogP contribution in [0.4, 0.5) is 10.1 Å². The van der Waals surface area contributed by atoms with Gasteiger partial charge in [0.15, 0.2) is 0 Å². The second-order valence-corrected chi connectivity index (χ2v) is 8.69.